The molecule has 0 fully saturated rings. The molecule has 7 nitrogen and oxygen atoms in total. The van der Waals surface area contributed by atoms with Crippen LogP contribution < -0.4 is 10.1 Å². The Hall–Kier alpha value is -3.52. The molecule has 2 aromatic rings. The van der Waals surface area contributed by atoms with Crippen LogP contribution in [-0.2, 0) is 22.5 Å². The molecule has 1 aromatic heterocycles. The van der Waals surface area contributed by atoms with Crippen molar-refractivity contribution >= 4 is 34.4 Å². The van der Waals surface area contributed by atoms with Gasteiger partial charge in [0.2, 0.25) is 5.91 Å². The van der Waals surface area contributed by atoms with Gasteiger partial charge in [0.25, 0.3) is 0 Å². The number of amides is 2. The molecule has 168 valence electrons. The highest BCUT2D eigenvalue weighted by atomic mass is 32.1. The predicted molar refractivity (Wildman–Crippen MR) is 111 cm³/mol. The Morgan fingerprint density at radius 1 is 1.34 bits per heavy atom. The van der Waals surface area contributed by atoms with Crippen LogP contribution in [0.25, 0.3) is 6.08 Å². The third kappa shape index (κ3) is 5.59. The van der Waals surface area contributed by atoms with Crippen LogP contribution in [0.2, 0.25) is 0 Å². The maximum absolute atomic E-state index is 12.5. The number of para-hydroxylation sites is 1. The number of benzene rings is 1. The number of nitrogens with zero attached hydrogens (tertiary/aromatic N) is 2. The zero-order chi connectivity index (χ0) is 23.3. The SMILES string of the molecule is CCOC(=O)N1CCc2c(sc(NC(=O)C=Cc3ccccc3OC(F)(F)F)c2C#N)C1. The summed E-state index contributed by atoms with van der Waals surface area (Å²) in [5.41, 5.74) is 1.15. The molecule has 1 aliphatic rings. The number of carbonyl (C=O) groups is 2. The highest BCUT2D eigenvalue weighted by molar-refractivity contribution is 7.16. The van der Waals surface area contributed by atoms with Crippen molar-refractivity contribution in [3.8, 4) is 11.8 Å². The van der Waals surface area contributed by atoms with E-state index in [0.29, 0.717) is 23.5 Å². The van der Waals surface area contributed by atoms with Crippen molar-refractivity contribution in [2.45, 2.75) is 26.3 Å². The van der Waals surface area contributed by atoms with E-state index in [-0.39, 0.29) is 18.7 Å². The first-order valence-corrected chi connectivity index (χ1v) is 10.3. The molecule has 0 unspecified atom stereocenters. The van der Waals surface area contributed by atoms with Gasteiger partial charge in [-0.05, 0) is 31.1 Å². The summed E-state index contributed by atoms with van der Waals surface area (Å²) in [6, 6.07) is 7.49. The molecule has 32 heavy (non-hydrogen) atoms. The minimum Gasteiger partial charge on any atom is -0.450 e. The molecule has 2 heterocycles. The zero-order valence-corrected chi connectivity index (χ0v) is 17.7. The number of thiophene rings is 1. The van der Waals surface area contributed by atoms with E-state index in [2.05, 4.69) is 16.1 Å². The number of alkyl halides is 3. The Labute approximate surface area is 185 Å². The fourth-order valence-electron chi connectivity index (χ4n) is 3.14. The molecule has 1 aliphatic heterocycles. The highest BCUT2D eigenvalue weighted by Crippen LogP contribution is 2.37. The van der Waals surface area contributed by atoms with E-state index in [0.717, 1.165) is 22.6 Å². The summed E-state index contributed by atoms with van der Waals surface area (Å²) in [4.78, 5) is 26.6. The first-order valence-electron chi connectivity index (χ1n) is 9.52. The zero-order valence-electron chi connectivity index (χ0n) is 16.9. The van der Waals surface area contributed by atoms with Gasteiger partial charge in [0.15, 0.2) is 0 Å². The second kappa shape index (κ2) is 9.74. The Morgan fingerprint density at radius 3 is 2.78 bits per heavy atom. The van der Waals surface area contributed by atoms with E-state index in [1.54, 1.807) is 6.92 Å². The van der Waals surface area contributed by atoms with Gasteiger partial charge in [0.05, 0.1) is 18.7 Å². The lowest BCUT2D eigenvalue weighted by molar-refractivity contribution is -0.274. The van der Waals surface area contributed by atoms with Crippen molar-refractivity contribution in [3.05, 3.63) is 51.9 Å². The van der Waals surface area contributed by atoms with Crippen molar-refractivity contribution in [2.24, 2.45) is 0 Å². The second-order valence-electron chi connectivity index (χ2n) is 6.60. The van der Waals surface area contributed by atoms with Crippen molar-refractivity contribution in [1.82, 2.24) is 4.90 Å². The van der Waals surface area contributed by atoms with E-state index >= 15 is 0 Å². The van der Waals surface area contributed by atoms with Gasteiger partial charge in [-0.25, -0.2) is 4.79 Å². The predicted octanol–water partition coefficient (Wildman–Crippen LogP) is 4.68. The number of ether oxygens (including phenoxy) is 2. The van der Waals surface area contributed by atoms with Crippen molar-refractivity contribution in [2.75, 3.05) is 18.5 Å². The summed E-state index contributed by atoms with van der Waals surface area (Å²) in [6.07, 6.45) is -2.61. The van der Waals surface area contributed by atoms with Gasteiger partial charge in [0.1, 0.15) is 16.8 Å². The number of fused-ring (bicyclic) bond motifs is 1. The Kier molecular flexibility index (Phi) is 7.05. The van der Waals surface area contributed by atoms with E-state index in [4.69, 9.17) is 4.74 Å². The standard InChI is InChI=1S/C21H18F3N3O4S/c1-2-30-20(29)27-10-9-14-15(11-25)19(32-17(14)12-27)26-18(28)8-7-13-5-3-4-6-16(13)31-21(22,23)24/h3-8H,2,9-10,12H2,1H3,(H,26,28). The number of hydrogen-bond acceptors (Lipinski definition) is 6. The van der Waals surface area contributed by atoms with Gasteiger partial charge in [-0.3, -0.25) is 4.79 Å². The monoisotopic (exact) mass is 465 g/mol. The molecule has 0 aliphatic carbocycles. The first kappa shape index (κ1) is 23.1. The largest absolute Gasteiger partial charge is 0.573 e. The molecule has 0 spiro atoms. The Bertz CT molecular complexity index is 1090. The summed E-state index contributed by atoms with van der Waals surface area (Å²) >= 11 is 1.18. The van der Waals surface area contributed by atoms with Gasteiger partial charge in [-0.15, -0.1) is 24.5 Å². The van der Waals surface area contributed by atoms with Crippen LogP contribution >= 0.6 is 11.3 Å². The van der Waals surface area contributed by atoms with Crippen molar-refractivity contribution in [1.29, 1.82) is 5.26 Å². The molecule has 0 atom stereocenters. The maximum atomic E-state index is 12.5. The average molecular weight is 465 g/mol. The maximum Gasteiger partial charge on any atom is 0.573 e. The average Bonchev–Trinajstić information content (AvgIpc) is 3.08. The fourth-order valence-corrected chi connectivity index (χ4v) is 4.35. The van der Waals surface area contributed by atoms with Gasteiger partial charge in [-0.1, -0.05) is 18.2 Å². The molecular weight excluding hydrogens is 447 g/mol. The molecule has 0 bridgehead atoms. The Morgan fingerprint density at radius 2 is 2.09 bits per heavy atom. The number of nitrogens with one attached hydrogen (secondary N) is 1. The van der Waals surface area contributed by atoms with Gasteiger partial charge in [0, 0.05) is 23.1 Å². The molecule has 2 amide bonds. The van der Waals surface area contributed by atoms with E-state index in [9.17, 15) is 28.0 Å². The van der Waals surface area contributed by atoms with Gasteiger partial charge in [-0.2, -0.15) is 5.26 Å². The van der Waals surface area contributed by atoms with Crippen LogP contribution in [0.4, 0.5) is 23.0 Å². The molecule has 0 saturated heterocycles. The Balaban J connectivity index is 1.74. The number of anilines is 1. The lowest BCUT2D eigenvalue weighted by Crippen LogP contribution is -2.35. The lowest BCUT2D eigenvalue weighted by atomic mass is 10.0. The number of nitriles is 1. The third-order valence-corrected chi connectivity index (χ3v) is 5.62. The molecule has 11 heteroatoms. The molecule has 1 aromatic carbocycles. The van der Waals surface area contributed by atoms with Gasteiger partial charge < -0.3 is 19.7 Å². The van der Waals surface area contributed by atoms with Crippen LogP contribution in [0.1, 0.15) is 28.5 Å². The van der Waals surface area contributed by atoms with Crippen LogP contribution in [0.5, 0.6) is 5.75 Å². The van der Waals surface area contributed by atoms with E-state index in [1.807, 2.05) is 0 Å². The fraction of sp³-hybridized carbons (Fsp3) is 0.286. The third-order valence-electron chi connectivity index (χ3n) is 4.49. The molecule has 0 saturated carbocycles. The topological polar surface area (TPSA) is 91.7 Å². The molecular formula is C21H18F3N3O4S. The number of rotatable bonds is 5. The summed E-state index contributed by atoms with van der Waals surface area (Å²) in [6.45, 7) is 2.61. The normalized spacial score (nSPS) is 13.4. The van der Waals surface area contributed by atoms with E-state index in [1.165, 1.54) is 40.5 Å². The second-order valence-corrected chi connectivity index (χ2v) is 7.70. The molecule has 0 radical (unpaired) electrons. The minimum absolute atomic E-state index is 0.0658. The number of carbonyl (C=O) groups excluding carboxylic acids is 2. The smallest absolute Gasteiger partial charge is 0.450 e. The minimum atomic E-state index is -4.86. The van der Waals surface area contributed by atoms with Crippen LogP contribution in [0, 0.1) is 11.3 Å². The summed E-state index contributed by atoms with van der Waals surface area (Å²) in [7, 11) is 0. The summed E-state index contributed by atoms with van der Waals surface area (Å²) in [5.74, 6) is -1.06. The van der Waals surface area contributed by atoms with Crippen molar-refractivity contribution in [3.63, 3.8) is 0 Å². The lowest BCUT2D eigenvalue weighted by Gasteiger charge is -2.25. The first-order chi connectivity index (χ1) is 15.2. The quantitative estimate of drug-likeness (QED) is 0.647. The molecule has 1 N–H and O–H groups in total. The van der Waals surface area contributed by atoms with E-state index < -0.39 is 24.1 Å². The van der Waals surface area contributed by atoms with Crippen LogP contribution in [0.15, 0.2) is 30.3 Å². The van der Waals surface area contributed by atoms with Crippen molar-refractivity contribution < 1.29 is 32.2 Å². The highest BCUT2D eigenvalue weighted by Gasteiger charge is 2.32. The summed E-state index contributed by atoms with van der Waals surface area (Å²) < 4.78 is 46.6. The molecule has 3 rings (SSSR count). The summed E-state index contributed by atoms with van der Waals surface area (Å²) in [5, 5.41) is 12.5. The number of halogens is 3. The van der Waals surface area contributed by atoms with Crippen LogP contribution in [-0.4, -0.2) is 36.4 Å². The van der Waals surface area contributed by atoms with Crippen LogP contribution in [0.3, 0.4) is 0 Å². The number of hydrogen-bond donors (Lipinski definition) is 1. The van der Waals surface area contributed by atoms with Gasteiger partial charge >= 0.3 is 12.5 Å².